The van der Waals surface area contributed by atoms with Crippen molar-refractivity contribution in [1.82, 2.24) is 0 Å². The maximum absolute atomic E-state index is 13.4. The van der Waals surface area contributed by atoms with Gasteiger partial charge >= 0.3 is 0 Å². The van der Waals surface area contributed by atoms with E-state index in [4.69, 9.17) is 9.84 Å². The molecule has 0 fully saturated rings. The van der Waals surface area contributed by atoms with E-state index in [9.17, 15) is 4.39 Å². The molecule has 0 saturated carbocycles. The molecule has 0 amide bonds. The average Bonchev–Trinajstić information content (AvgIpc) is 2.45. The quantitative estimate of drug-likeness (QED) is 0.856. The van der Waals surface area contributed by atoms with Gasteiger partial charge in [-0.05, 0) is 24.3 Å². The lowest BCUT2D eigenvalue weighted by Gasteiger charge is -2.07. The lowest BCUT2D eigenvalue weighted by molar-refractivity contribution is 0.300. The predicted octanol–water partition coefficient (Wildman–Crippen LogP) is 2.75. The van der Waals surface area contributed by atoms with Gasteiger partial charge in [0.2, 0.25) is 0 Å². The Labute approximate surface area is 111 Å². The molecule has 0 radical (unpaired) electrons. The van der Waals surface area contributed by atoms with E-state index in [0.29, 0.717) is 11.3 Å². The van der Waals surface area contributed by atoms with Crippen LogP contribution in [0, 0.1) is 17.7 Å². The number of aliphatic hydroxyl groups excluding tert-OH is 1. The van der Waals surface area contributed by atoms with Gasteiger partial charge in [0.05, 0.1) is 0 Å². The van der Waals surface area contributed by atoms with Gasteiger partial charge < -0.3 is 9.84 Å². The predicted molar refractivity (Wildman–Crippen MR) is 71.1 cm³/mol. The van der Waals surface area contributed by atoms with E-state index in [-0.39, 0.29) is 19.0 Å². The molecule has 0 aromatic heterocycles. The topological polar surface area (TPSA) is 29.5 Å². The Hall–Kier alpha value is -2.31. The smallest absolute Gasteiger partial charge is 0.129 e. The van der Waals surface area contributed by atoms with Crippen LogP contribution in [-0.4, -0.2) is 11.7 Å². The Balaban J connectivity index is 2.06. The van der Waals surface area contributed by atoms with Crippen LogP contribution in [0.1, 0.15) is 11.1 Å². The Bertz CT molecular complexity index is 611. The van der Waals surface area contributed by atoms with Crippen LogP contribution in [0.25, 0.3) is 0 Å². The first-order chi connectivity index (χ1) is 9.29. The molecule has 2 aromatic rings. The Kier molecular flexibility index (Phi) is 4.54. The third-order valence-corrected chi connectivity index (χ3v) is 2.50. The third-order valence-electron chi connectivity index (χ3n) is 2.50. The van der Waals surface area contributed by atoms with Crippen molar-refractivity contribution < 1.29 is 14.2 Å². The molecule has 2 nitrogen and oxygen atoms in total. The van der Waals surface area contributed by atoms with Gasteiger partial charge in [0.15, 0.2) is 0 Å². The molecule has 0 unspecified atom stereocenters. The highest BCUT2D eigenvalue weighted by molar-refractivity contribution is 5.39. The summed E-state index contributed by atoms with van der Waals surface area (Å²) in [5, 5.41) is 8.63. The van der Waals surface area contributed by atoms with Gasteiger partial charge in [-0.2, -0.15) is 0 Å². The fourth-order valence-corrected chi connectivity index (χ4v) is 1.58. The summed E-state index contributed by atoms with van der Waals surface area (Å²) in [6.07, 6.45) is 0. The summed E-state index contributed by atoms with van der Waals surface area (Å²) in [6.45, 7) is -0.0101. The normalized spacial score (nSPS) is 9.58. The van der Waals surface area contributed by atoms with E-state index in [2.05, 4.69) is 11.8 Å². The van der Waals surface area contributed by atoms with Crippen LogP contribution in [0.5, 0.6) is 5.75 Å². The second-order valence-electron chi connectivity index (χ2n) is 3.87. The molecule has 96 valence electrons. The molecule has 0 bridgehead atoms. The summed E-state index contributed by atoms with van der Waals surface area (Å²) < 4.78 is 18.9. The zero-order valence-electron chi connectivity index (χ0n) is 10.3. The molecule has 2 rings (SSSR count). The highest BCUT2D eigenvalue weighted by Crippen LogP contribution is 2.15. The lowest BCUT2D eigenvalue weighted by atomic mass is 10.2. The van der Waals surface area contributed by atoms with Crippen LogP contribution in [0.2, 0.25) is 0 Å². The van der Waals surface area contributed by atoms with Gasteiger partial charge in [-0.15, -0.1) is 0 Å². The minimum absolute atomic E-state index is 0.170. The van der Waals surface area contributed by atoms with Gasteiger partial charge in [-0.25, -0.2) is 4.39 Å². The standard InChI is InChI=1S/C16H13FO2/c17-16-9-2-1-7-14(16)12-19-15-8-3-5-13(11-15)6-4-10-18/h1-3,5,7-9,11,18H,10,12H2. The summed E-state index contributed by atoms with van der Waals surface area (Å²) in [5.74, 6) is 5.69. The van der Waals surface area contributed by atoms with Gasteiger partial charge in [0.1, 0.15) is 24.8 Å². The van der Waals surface area contributed by atoms with E-state index in [1.54, 1.807) is 36.4 Å². The summed E-state index contributed by atoms with van der Waals surface area (Å²) >= 11 is 0. The van der Waals surface area contributed by atoms with Crippen LogP contribution < -0.4 is 4.74 Å². The van der Waals surface area contributed by atoms with Crippen LogP contribution in [0.15, 0.2) is 48.5 Å². The molecule has 3 heteroatoms. The second-order valence-corrected chi connectivity index (χ2v) is 3.87. The maximum atomic E-state index is 13.4. The summed E-state index contributed by atoms with van der Waals surface area (Å²) in [5.41, 5.74) is 1.26. The van der Waals surface area contributed by atoms with Crippen molar-refractivity contribution in [2.24, 2.45) is 0 Å². The monoisotopic (exact) mass is 256 g/mol. The first kappa shape index (κ1) is 13.1. The van der Waals surface area contributed by atoms with E-state index in [0.717, 1.165) is 5.56 Å². The lowest BCUT2D eigenvalue weighted by Crippen LogP contribution is -1.98. The fourth-order valence-electron chi connectivity index (χ4n) is 1.58. The zero-order valence-corrected chi connectivity index (χ0v) is 10.3. The number of halogens is 1. The van der Waals surface area contributed by atoms with Gasteiger partial charge in [-0.1, -0.05) is 36.1 Å². The summed E-state index contributed by atoms with van der Waals surface area (Å²) in [6, 6.07) is 13.7. The van der Waals surface area contributed by atoms with Crippen molar-refractivity contribution in [3.63, 3.8) is 0 Å². The molecular weight excluding hydrogens is 243 g/mol. The zero-order chi connectivity index (χ0) is 13.5. The highest BCUT2D eigenvalue weighted by Gasteiger charge is 2.01. The molecule has 19 heavy (non-hydrogen) atoms. The SMILES string of the molecule is OCC#Cc1cccc(OCc2ccccc2F)c1. The Morgan fingerprint density at radius 1 is 1.11 bits per heavy atom. The van der Waals surface area contributed by atoms with Crippen LogP contribution in [0.4, 0.5) is 4.39 Å². The molecule has 2 aromatic carbocycles. The van der Waals surface area contributed by atoms with E-state index in [1.807, 2.05) is 6.07 Å². The van der Waals surface area contributed by atoms with Gasteiger partial charge in [0, 0.05) is 11.1 Å². The van der Waals surface area contributed by atoms with Crippen molar-refractivity contribution >= 4 is 0 Å². The van der Waals surface area contributed by atoms with Crippen molar-refractivity contribution in [1.29, 1.82) is 0 Å². The van der Waals surface area contributed by atoms with Crippen molar-refractivity contribution in [2.75, 3.05) is 6.61 Å². The molecule has 0 aliphatic heterocycles. The number of rotatable bonds is 3. The minimum atomic E-state index is -0.279. The van der Waals surface area contributed by atoms with Crippen LogP contribution >= 0.6 is 0 Å². The summed E-state index contributed by atoms with van der Waals surface area (Å²) in [4.78, 5) is 0. The highest BCUT2D eigenvalue weighted by atomic mass is 19.1. The maximum Gasteiger partial charge on any atom is 0.129 e. The van der Waals surface area contributed by atoms with Gasteiger partial charge in [-0.3, -0.25) is 0 Å². The molecule has 0 aliphatic rings. The molecule has 1 N–H and O–H groups in total. The molecular formula is C16H13FO2. The molecule has 0 spiro atoms. The number of benzene rings is 2. The van der Waals surface area contributed by atoms with Crippen LogP contribution in [-0.2, 0) is 6.61 Å². The Morgan fingerprint density at radius 2 is 1.95 bits per heavy atom. The van der Waals surface area contributed by atoms with E-state index >= 15 is 0 Å². The average molecular weight is 256 g/mol. The second kappa shape index (κ2) is 6.58. The number of hydrogen-bond donors (Lipinski definition) is 1. The van der Waals surface area contributed by atoms with Crippen molar-refractivity contribution in [2.45, 2.75) is 6.61 Å². The number of ether oxygens (including phenoxy) is 1. The number of aliphatic hydroxyl groups is 1. The minimum Gasteiger partial charge on any atom is -0.489 e. The van der Waals surface area contributed by atoms with E-state index in [1.165, 1.54) is 6.07 Å². The third kappa shape index (κ3) is 3.84. The fraction of sp³-hybridized carbons (Fsp3) is 0.125. The Morgan fingerprint density at radius 3 is 2.74 bits per heavy atom. The first-order valence-electron chi connectivity index (χ1n) is 5.85. The van der Waals surface area contributed by atoms with Gasteiger partial charge in [0.25, 0.3) is 0 Å². The van der Waals surface area contributed by atoms with Crippen molar-refractivity contribution in [3.8, 4) is 17.6 Å². The molecule has 0 saturated heterocycles. The molecule has 0 atom stereocenters. The number of hydrogen-bond acceptors (Lipinski definition) is 2. The van der Waals surface area contributed by atoms with Crippen molar-refractivity contribution in [3.05, 3.63) is 65.5 Å². The largest absolute Gasteiger partial charge is 0.489 e. The first-order valence-corrected chi connectivity index (χ1v) is 5.85. The molecule has 0 aliphatic carbocycles. The van der Waals surface area contributed by atoms with Crippen LogP contribution in [0.3, 0.4) is 0 Å². The van der Waals surface area contributed by atoms with E-state index < -0.39 is 0 Å². The summed E-state index contributed by atoms with van der Waals surface area (Å²) in [7, 11) is 0. The molecule has 0 heterocycles.